The lowest BCUT2D eigenvalue weighted by Crippen LogP contribution is -2.32. The summed E-state index contributed by atoms with van der Waals surface area (Å²) >= 11 is 0. The Morgan fingerprint density at radius 3 is 2.62 bits per heavy atom. The number of benzene rings is 1. The molecule has 24 heavy (non-hydrogen) atoms. The van der Waals surface area contributed by atoms with Crippen molar-refractivity contribution in [2.24, 2.45) is 16.9 Å². The van der Waals surface area contributed by atoms with Gasteiger partial charge in [0.05, 0.1) is 5.71 Å². The van der Waals surface area contributed by atoms with Crippen molar-refractivity contribution in [3.05, 3.63) is 29.8 Å². The van der Waals surface area contributed by atoms with Gasteiger partial charge in [-0.05, 0) is 43.4 Å². The highest BCUT2D eigenvalue weighted by Crippen LogP contribution is 2.31. The van der Waals surface area contributed by atoms with Crippen molar-refractivity contribution in [1.29, 1.82) is 0 Å². The molecule has 0 bridgehead atoms. The first-order valence-corrected chi connectivity index (χ1v) is 8.47. The van der Waals surface area contributed by atoms with E-state index in [9.17, 15) is 9.59 Å². The predicted octanol–water partition coefficient (Wildman–Crippen LogP) is 3.28. The van der Waals surface area contributed by atoms with Gasteiger partial charge in [-0.15, -0.1) is 0 Å². The Morgan fingerprint density at radius 1 is 1.33 bits per heavy atom. The van der Waals surface area contributed by atoms with Crippen molar-refractivity contribution in [2.45, 2.75) is 45.6 Å². The number of hydrogen-bond donors (Lipinski definition) is 2. The number of hydrogen-bond acceptors (Lipinski definition) is 4. The molecule has 2 amide bonds. The van der Waals surface area contributed by atoms with Gasteiger partial charge in [0.25, 0.3) is 0 Å². The summed E-state index contributed by atoms with van der Waals surface area (Å²) in [6.45, 7) is 3.92. The maximum absolute atomic E-state index is 11.9. The Kier molecular flexibility index (Phi) is 4.83. The molecular formula is C18H23N3O3. The third-order valence-electron chi connectivity index (χ3n) is 4.79. The number of anilines is 1. The van der Waals surface area contributed by atoms with Crippen molar-refractivity contribution in [3.63, 3.8) is 0 Å². The third kappa shape index (κ3) is 3.75. The molecule has 2 atom stereocenters. The van der Waals surface area contributed by atoms with E-state index in [0.29, 0.717) is 18.0 Å². The molecule has 1 aliphatic carbocycles. The van der Waals surface area contributed by atoms with Crippen LogP contribution in [0.1, 0.15) is 45.1 Å². The highest BCUT2D eigenvalue weighted by atomic mass is 16.6. The van der Waals surface area contributed by atoms with Gasteiger partial charge in [-0.2, -0.15) is 5.10 Å². The zero-order chi connectivity index (χ0) is 17.1. The van der Waals surface area contributed by atoms with Crippen molar-refractivity contribution in [3.8, 4) is 0 Å². The lowest BCUT2D eigenvalue weighted by atomic mass is 9.82. The van der Waals surface area contributed by atoms with Crippen LogP contribution in [0.15, 0.2) is 29.4 Å². The second kappa shape index (κ2) is 7.03. The van der Waals surface area contributed by atoms with E-state index in [0.717, 1.165) is 24.1 Å². The van der Waals surface area contributed by atoms with Crippen LogP contribution in [-0.2, 0) is 9.53 Å². The SMILES string of the molecule is CC1CC(=O)NN=C1c1ccc(NC(=O)OC(C)C2CCC2)cc1. The van der Waals surface area contributed by atoms with E-state index in [4.69, 9.17) is 4.74 Å². The van der Waals surface area contributed by atoms with E-state index in [2.05, 4.69) is 15.8 Å². The van der Waals surface area contributed by atoms with Crippen LogP contribution < -0.4 is 10.7 Å². The number of ether oxygens (including phenoxy) is 1. The van der Waals surface area contributed by atoms with E-state index in [-0.39, 0.29) is 17.9 Å². The number of rotatable bonds is 4. The molecule has 0 aromatic heterocycles. The number of nitrogens with zero attached hydrogens (tertiary/aromatic N) is 1. The molecular weight excluding hydrogens is 306 g/mol. The maximum atomic E-state index is 11.9. The Bertz CT molecular complexity index is 650. The molecule has 2 unspecified atom stereocenters. The topological polar surface area (TPSA) is 79.8 Å². The number of nitrogens with one attached hydrogen (secondary N) is 2. The fraction of sp³-hybridized carbons (Fsp3) is 0.500. The zero-order valence-corrected chi connectivity index (χ0v) is 14.0. The second-order valence-electron chi connectivity index (χ2n) is 6.64. The third-order valence-corrected chi connectivity index (χ3v) is 4.79. The molecule has 0 saturated heterocycles. The zero-order valence-electron chi connectivity index (χ0n) is 14.0. The standard InChI is InChI=1S/C18H23N3O3/c1-11-10-16(22)20-21-17(11)14-6-8-15(9-7-14)19-18(23)24-12(2)13-4-3-5-13/h6-9,11-13H,3-5,10H2,1-2H3,(H,19,23)(H,20,22). The Labute approximate surface area is 141 Å². The minimum atomic E-state index is -0.419. The molecule has 0 radical (unpaired) electrons. The van der Waals surface area contributed by atoms with Gasteiger partial charge >= 0.3 is 6.09 Å². The van der Waals surface area contributed by atoms with Gasteiger partial charge < -0.3 is 4.74 Å². The minimum absolute atomic E-state index is 0.0425. The molecule has 1 heterocycles. The second-order valence-corrected chi connectivity index (χ2v) is 6.64. The summed E-state index contributed by atoms with van der Waals surface area (Å²) in [5, 5.41) is 6.89. The first-order chi connectivity index (χ1) is 11.5. The average molecular weight is 329 g/mol. The van der Waals surface area contributed by atoms with Gasteiger partial charge in [-0.25, -0.2) is 10.2 Å². The molecule has 1 saturated carbocycles. The van der Waals surface area contributed by atoms with Gasteiger partial charge in [-0.1, -0.05) is 25.5 Å². The molecule has 1 fully saturated rings. The van der Waals surface area contributed by atoms with Gasteiger partial charge in [0.2, 0.25) is 5.91 Å². The van der Waals surface area contributed by atoms with E-state index in [1.807, 2.05) is 38.1 Å². The molecule has 0 spiro atoms. The average Bonchev–Trinajstić information content (AvgIpc) is 2.46. The molecule has 3 rings (SSSR count). The Hall–Kier alpha value is -2.37. The fourth-order valence-corrected chi connectivity index (χ4v) is 3.05. The van der Waals surface area contributed by atoms with E-state index in [1.54, 1.807) is 0 Å². The molecule has 128 valence electrons. The number of carbonyl (C=O) groups is 2. The van der Waals surface area contributed by atoms with Crippen LogP contribution in [0.4, 0.5) is 10.5 Å². The first-order valence-electron chi connectivity index (χ1n) is 8.47. The summed E-state index contributed by atoms with van der Waals surface area (Å²) in [4.78, 5) is 23.2. The maximum Gasteiger partial charge on any atom is 0.411 e. The largest absolute Gasteiger partial charge is 0.446 e. The molecule has 1 aliphatic heterocycles. The van der Waals surface area contributed by atoms with Gasteiger partial charge in [0, 0.05) is 18.0 Å². The van der Waals surface area contributed by atoms with E-state index < -0.39 is 6.09 Å². The van der Waals surface area contributed by atoms with Crippen molar-refractivity contribution in [1.82, 2.24) is 5.43 Å². The monoisotopic (exact) mass is 329 g/mol. The van der Waals surface area contributed by atoms with Crippen LogP contribution >= 0.6 is 0 Å². The van der Waals surface area contributed by atoms with Crippen LogP contribution in [0.3, 0.4) is 0 Å². The minimum Gasteiger partial charge on any atom is -0.446 e. The normalized spacial score (nSPS) is 22.0. The van der Waals surface area contributed by atoms with Gasteiger partial charge in [0.1, 0.15) is 6.10 Å². The number of carbonyl (C=O) groups excluding carboxylic acids is 2. The quantitative estimate of drug-likeness (QED) is 0.889. The number of hydrazone groups is 1. The lowest BCUT2D eigenvalue weighted by Gasteiger charge is -2.30. The Balaban J connectivity index is 1.58. The molecule has 6 nitrogen and oxygen atoms in total. The summed E-state index contributed by atoms with van der Waals surface area (Å²) in [5.41, 5.74) is 4.97. The summed E-state index contributed by atoms with van der Waals surface area (Å²) < 4.78 is 5.41. The van der Waals surface area contributed by atoms with Crippen molar-refractivity contribution in [2.75, 3.05) is 5.32 Å². The molecule has 2 aliphatic rings. The molecule has 6 heteroatoms. The Morgan fingerprint density at radius 2 is 2.04 bits per heavy atom. The summed E-state index contributed by atoms with van der Waals surface area (Å²) in [6.07, 6.45) is 3.48. The summed E-state index contributed by atoms with van der Waals surface area (Å²) in [5.74, 6) is 0.512. The first kappa shape index (κ1) is 16.5. The van der Waals surface area contributed by atoms with Crippen LogP contribution in [0.25, 0.3) is 0 Å². The molecule has 1 aromatic carbocycles. The summed E-state index contributed by atoms with van der Waals surface area (Å²) in [7, 11) is 0. The fourth-order valence-electron chi connectivity index (χ4n) is 3.05. The number of amides is 2. The lowest BCUT2D eigenvalue weighted by molar-refractivity contribution is -0.121. The van der Waals surface area contributed by atoms with E-state index in [1.165, 1.54) is 6.42 Å². The van der Waals surface area contributed by atoms with Crippen molar-refractivity contribution < 1.29 is 14.3 Å². The van der Waals surface area contributed by atoms with Crippen LogP contribution in [0.2, 0.25) is 0 Å². The van der Waals surface area contributed by atoms with Crippen LogP contribution in [0, 0.1) is 11.8 Å². The highest BCUT2D eigenvalue weighted by molar-refractivity contribution is 6.06. The van der Waals surface area contributed by atoms with Gasteiger partial charge in [0.15, 0.2) is 0 Å². The summed E-state index contributed by atoms with van der Waals surface area (Å²) in [6, 6.07) is 7.40. The van der Waals surface area contributed by atoms with E-state index >= 15 is 0 Å². The van der Waals surface area contributed by atoms with Crippen LogP contribution in [-0.4, -0.2) is 23.8 Å². The highest BCUT2D eigenvalue weighted by Gasteiger charge is 2.26. The molecule has 1 aromatic rings. The smallest absolute Gasteiger partial charge is 0.411 e. The molecule has 2 N–H and O–H groups in total. The van der Waals surface area contributed by atoms with Crippen molar-refractivity contribution >= 4 is 23.4 Å². The van der Waals surface area contributed by atoms with Gasteiger partial charge in [-0.3, -0.25) is 10.1 Å². The predicted molar refractivity (Wildman–Crippen MR) is 91.8 cm³/mol. The van der Waals surface area contributed by atoms with Crippen LogP contribution in [0.5, 0.6) is 0 Å².